The minimum atomic E-state index is -3.08. The van der Waals surface area contributed by atoms with E-state index < -0.39 is 10.0 Å². The first kappa shape index (κ1) is 14.5. The van der Waals surface area contributed by atoms with Crippen LogP contribution in [-0.4, -0.2) is 41.1 Å². The molecule has 2 heterocycles. The van der Waals surface area contributed by atoms with Crippen LogP contribution in [0.4, 0.5) is 0 Å². The molecule has 0 saturated carbocycles. The molecule has 0 aromatic carbocycles. The van der Waals surface area contributed by atoms with Crippen LogP contribution in [0.1, 0.15) is 43.6 Å². The lowest BCUT2D eigenvalue weighted by Gasteiger charge is -2.31. The van der Waals surface area contributed by atoms with E-state index in [1.807, 2.05) is 31.7 Å². The molecule has 19 heavy (non-hydrogen) atoms. The largest absolute Gasteiger partial charge is 0.337 e. The van der Waals surface area contributed by atoms with Gasteiger partial charge >= 0.3 is 0 Å². The number of aryl methyl sites for hydroxylation is 2. The monoisotopic (exact) mass is 285 g/mol. The molecule has 0 bridgehead atoms. The molecule has 5 nitrogen and oxygen atoms in total. The third-order valence-electron chi connectivity index (χ3n) is 3.64. The van der Waals surface area contributed by atoms with Gasteiger partial charge in [-0.3, -0.25) is 0 Å². The van der Waals surface area contributed by atoms with Gasteiger partial charge in [-0.05, 0) is 26.2 Å². The van der Waals surface area contributed by atoms with Crippen molar-refractivity contribution in [1.82, 2.24) is 13.9 Å². The highest BCUT2D eigenvalue weighted by Crippen LogP contribution is 2.27. The predicted molar refractivity (Wildman–Crippen MR) is 75.6 cm³/mol. The first-order chi connectivity index (χ1) is 8.94. The molecule has 1 unspecified atom stereocenters. The Balaban J connectivity index is 2.16. The molecular formula is C13H23N3O2S. The first-order valence-corrected chi connectivity index (χ1v) is 8.52. The van der Waals surface area contributed by atoms with Crippen molar-refractivity contribution in [3.05, 3.63) is 17.7 Å². The van der Waals surface area contributed by atoms with Crippen molar-refractivity contribution in [2.45, 2.75) is 39.0 Å². The van der Waals surface area contributed by atoms with Crippen molar-refractivity contribution >= 4 is 10.0 Å². The molecule has 0 radical (unpaired) electrons. The van der Waals surface area contributed by atoms with Crippen molar-refractivity contribution in [3.8, 4) is 0 Å². The quantitative estimate of drug-likeness (QED) is 0.845. The maximum atomic E-state index is 12.2. The van der Waals surface area contributed by atoms with Gasteiger partial charge in [0.05, 0.1) is 11.4 Å². The third-order valence-corrected chi connectivity index (χ3v) is 5.68. The molecule has 1 aliphatic rings. The van der Waals surface area contributed by atoms with Crippen LogP contribution in [0.3, 0.4) is 0 Å². The van der Waals surface area contributed by atoms with Crippen molar-refractivity contribution < 1.29 is 8.42 Å². The Bertz CT molecular complexity index is 536. The van der Waals surface area contributed by atoms with Gasteiger partial charge in [0.15, 0.2) is 0 Å². The molecule has 1 atom stereocenters. The molecule has 1 aromatic heterocycles. The third kappa shape index (κ3) is 3.17. The van der Waals surface area contributed by atoms with Crippen LogP contribution in [0.2, 0.25) is 0 Å². The average molecular weight is 285 g/mol. The number of imidazole rings is 1. The van der Waals surface area contributed by atoms with Crippen LogP contribution in [0.25, 0.3) is 0 Å². The summed E-state index contributed by atoms with van der Waals surface area (Å²) in [4.78, 5) is 4.54. The average Bonchev–Trinajstić information content (AvgIpc) is 2.69. The Hall–Kier alpha value is -0.880. The number of rotatable bonds is 4. The summed E-state index contributed by atoms with van der Waals surface area (Å²) < 4.78 is 28.0. The van der Waals surface area contributed by atoms with Crippen LogP contribution < -0.4 is 0 Å². The molecule has 0 spiro atoms. The van der Waals surface area contributed by atoms with Gasteiger partial charge in [-0.25, -0.2) is 17.7 Å². The van der Waals surface area contributed by atoms with E-state index in [2.05, 4.69) is 4.98 Å². The molecule has 108 valence electrons. The molecule has 0 N–H and O–H groups in total. The summed E-state index contributed by atoms with van der Waals surface area (Å²) in [6.07, 6.45) is 4.60. The summed E-state index contributed by atoms with van der Waals surface area (Å²) in [7, 11) is -1.10. The Morgan fingerprint density at radius 3 is 2.79 bits per heavy atom. The minimum absolute atomic E-state index is 0.221. The maximum Gasteiger partial charge on any atom is 0.214 e. The highest BCUT2D eigenvalue weighted by Gasteiger charge is 2.30. The van der Waals surface area contributed by atoms with Crippen LogP contribution >= 0.6 is 0 Å². The Morgan fingerprint density at radius 1 is 1.47 bits per heavy atom. The van der Waals surface area contributed by atoms with E-state index in [1.165, 1.54) is 0 Å². The van der Waals surface area contributed by atoms with Crippen molar-refractivity contribution in [3.63, 3.8) is 0 Å². The van der Waals surface area contributed by atoms with Crippen molar-refractivity contribution in [1.29, 1.82) is 0 Å². The minimum Gasteiger partial charge on any atom is -0.337 e. The normalized spacial score (nSPS) is 21.7. The fourth-order valence-corrected chi connectivity index (χ4v) is 4.40. The summed E-state index contributed by atoms with van der Waals surface area (Å²) in [5.74, 6) is 1.48. The highest BCUT2D eigenvalue weighted by molar-refractivity contribution is 7.89. The molecule has 1 aromatic rings. The standard InChI is InChI=1S/C13H23N3O2S/c1-4-8-19(17,18)16-7-5-6-12(10-16)13-14-11(2)9-15(13)3/h9,12H,4-8,10H2,1-3H3. The molecule has 1 saturated heterocycles. The van der Waals surface area contributed by atoms with Crippen LogP contribution in [-0.2, 0) is 17.1 Å². The van der Waals surface area contributed by atoms with Gasteiger partial charge in [-0.2, -0.15) is 0 Å². The first-order valence-electron chi connectivity index (χ1n) is 6.91. The molecule has 1 aliphatic heterocycles. The van der Waals surface area contributed by atoms with E-state index in [4.69, 9.17) is 0 Å². The van der Waals surface area contributed by atoms with E-state index in [0.717, 1.165) is 24.4 Å². The lowest BCUT2D eigenvalue weighted by atomic mass is 9.99. The van der Waals surface area contributed by atoms with E-state index in [9.17, 15) is 8.42 Å². The number of piperidine rings is 1. The van der Waals surface area contributed by atoms with Gasteiger partial charge in [0, 0.05) is 32.3 Å². The second-order valence-corrected chi connectivity index (χ2v) is 7.45. The Labute approximate surface area is 115 Å². The molecule has 2 rings (SSSR count). The van der Waals surface area contributed by atoms with Crippen LogP contribution in [0.5, 0.6) is 0 Å². The van der Waals surface area contributed by atoms with E-state index >= 15 is 0 Å². The molecule has 0 amide bonds. The fourth-order valence-electron chi connectivity index (χ4n) is 2.81. The molecule has 1 fully saturated rings. The summed E-state index contributed by atoms with van der Waals surface area (Å²) in [6.45, 7) is 5.11. The zero-order chi connectivity index (χ0) is 14.0. The Morgan fingerprint density at radius 2 is 2.21 bits per heavy atom. The van der Waals surface area contributed by atoms with Crippen molar-refractivity contribution in [2.75, 3.05) is 18.8 Å². The van der Waals surface area contributed by atoms with Gasteiger partial charge < -0.3 is 4.57 Å². The van der Waals surface area contributed by atoms with Crippen LogP contribution in [0, 0.1) is 6.92 Å². The van der Waals surface area contributed by atoms with Crippen LogP contribution in [0.15, 0.2) is 6.20 Å². The number of hydrogen-bond donors (Lipinski definition) is 0. The van der Waals surface area contributed by atoms with Gasteiger partial charge in [-0.15, -0.1) is 0 Å². The summed E-state index contributed by atoms with van der Waals surface area (Å²) in [6, 6.07) is 0. The summed E-state index contributed by atoms with van der Waals surface area (Å²) in [5.41, 5.74) is 0.992. The fraction of sp³-hybridized carbons (Fsp3) is 0.769. The van der Waals surface area contributed by atoms with Gasteiger partial charge in [0.25, 0.3) is 0 Å². The molecule has 6 heteroatoms. The second-order valence-electron chi connectivity index (χ2n) is 5.36. The maximum absolute atomic E-state index is 12.2. The Kier molecular flexibility index (Phi) is 4.30. The van der Waals surface area contributed by atoms with E-state index in [1.54, 1.807) is 4.31 Å². The summed E-state index contributed by atoms with van der Waals surface area (Å²) in [5, 5.41) is 0. The zero-order valence-electron chi connectivity index (χ0n) is 12.0. The van der Waals surface area contributed by atoms with E-state index in [-0.39, 0.29) is 11.7 Å². The smallest absolute Gasteiger partial charge is 0.214 e. The predicted octanol–water partition coefficient (Wildman–Crippen LogP) is 1.65. The van der Waals surface area contributed by atoms with Gasteiger partial charge in [0.1, 0.15) is 5.82 Å². The van der Waals surface area contributed by atoms with E-state index in [0.29, 0.717) is 19.5 Å². The SMILES string of the molecule is CCCS(=O)(=O)N1CCCC(c2nc(C)cn2C)C1. The zero-order valence-corrected chi connectivity index (χ0v) is 12.8. The van der Waals surface area contributed by atoms with Gasteiger partial charge in [0.2, 0.25) is 10.0 Å². The lowest BCUT2D eigenvalue weighted by Crippen LogP contribution is -2.40. The second kappa shape index (κ2) is 5.63. The number of nitrogens with zero attached hydrogens (tertiary/aromatic N) is 3. The summed E-state index contributed by atoms with van der Waals surface area (Å²) >= 11 is 0. The number of hydrogen-bond acceptors (Lipinski definition) is 3. The topological polar surface area (TPSA) is 55.2 Å². The number of aromatic nitrogens is 2. The molecular weight excluding hydrogens is 262 g/mol. The highest BCUT2D eigenvalue weighted by atomic mass is 32.2. The number of sulfonamides is 1. The lowest BCUT2D eigenvalue weighted by molar-refractivity contribution is 0.306. The molecule has 0 aliphatic carbocycles. The van der Waals surface area contributed by atoms with Gasteiger partial charge in [-0.1, -0.05) is 6.92 Å². The van der Waals surface area contributed by atoms with Crippen molar-refractivity contribution in [2.24, 2.45) is 7.05 Å².